The van der Waals surface area contributed by atoms with Crippen LogP contribution in [-0.2, 0) is 9.47 Å². The smallest absolute Gasteiger partial charge is 0.410 e. The maximum Gasteiger partial charge on any atom is 0.410 e. The van der Waals surface area contributed by atoms with Crippen LogP contribution in [0.25, 0.3) is 0 Å². The van der Waals surface area contributed by atoms with Crippen LogP contribution >= 0.6 is 0 Å². The highest BCUT2D eigenvalue weighted by atomic mass is 16.6. The first kappa shape index (κ1) is 14.3. The first-order valence-corrected chi connectivity index (χ1v) is 6.21. The van der Waals surface area contributed by atoms with Gasteiger partial charge in [0.05, 0.1) is 13.2 Å². The van der Waals surface area contributed by atoms with Crippen LogP contribution in [0.15, 0.2) is 0 Å². The standard InChI is InChI=1S/C12H24N2O3/c1-5-14(11(15)17-12(2,3)4)8-10-9-16-7-6-13-10/h10,13H,5-9H2,1-4H3. The van der Waals surface area contributed by atoms with Gasteiger partial charge in [0.15, 0.2) is 0 Å². The zero-order valence-corrected chi connectivity index (χ0v) is 11.3. The summed E-state index contributed by atoms with van der Waals surface area (Å²) in [5, 5.41) is 3.33. The summed E-state index contributed by atoms with van der Waals surface area (Å²) in [6, 6.07) is 0.205. The Bertz CT molecular complexity index is 245. The Kier molecular flexibility index (Phi) is 5.21. The zero-order chi connectivity index (χ0) is 12.9. The van der Waals surface area contributed by atoms with Gasteiger partial charge in [0.2, 0.25) is 0 Å². The first-order valence-electron chi connectivity index (χ1n) is 6.21. The lowest BCUT2D eigenvalue weighted by molar-refractivity contribution is 0.0162. The van der Waals surface area contributed by atoms with Crippen LogP contribution in [0.2, 0.25) is 0 Å². The lowest BCUT2D eigenvalue weighted by Gasteiger charge is -2.31. The summed E-state index contributed by atoms with van der Waals surface area (Å²) in [6.07, 6.45) is -0.257. The summed E-state index contributed by atoms with van der Waals surface area (Å²) in [5.74, 6) is 0. The third-order valence-electron chi connectivity index (χ3n) is 2.47. The third-order valence-corrected chi connectivity index (χ3v) is 2.47. The maximum absolute atomic E-state index is 11.9. The van der Waals surface area contributed by atoms with E-state index in [-0.39, 0.29) is 12.1 Å². The minimum atomic E-state index is -0.443. The van der Waals surface area contributed by atoms with E-state index in [1.165, 1.54) is 0 Å². The molecular weight excluding hydrogens is 220 g/mol. The highest BCUT2D eigenvalue weighted by Crippen LogP contribution is 2.10. The summed E-state index contributed by atoms with van der Waals surface area (Å²) in [7, 11) is 0. The highest BCUT2D eigenvalue weighted by Gasteiger charge is 2.24. The minimum absolute atomic E-state index is 0.205. The van der Waals surface area contributed by atoms with Crippen molar-refractivity contribution in [1.82, 2.24) is 10.2 Å². The van der Waals surface area contributed by atoms with Gasteiger partial charge in [-0.2, -0.15) is 0 Å². The molecule has 1 heterocycles. The van der Waals surface area contributed by atoms with Crippen molar-refractivity contribution in [2.75, 3.05) is 32.8 Å². The largest absolute Gasteiger partial charge is 0.444 e. The Morgan fingerprint density at radius 2 is 2.24 bits per heavy atom. The van der Waals surface area contributed by atoms with Crippen molar-refractivity contribution in [1.29, 1.82) is 0 Å². The molecule has 17 heavy (non-hydrogen) atoms. The van der Waals surface area contributed by atoms with Crippen LogP contribution in [0.3, 0.4) is 0 Å². The second kappa shape index (κ2) is 6.21. The summed E-state index contributed by atoms with van der Waals surface area (Å²) in [6.45, 7) is 11.1. The normalized spacial score (nSPS) is 21.1. The number of amides is 1. The molecule has 100 valence electrons. The van der Waals surface area contributed by atoms with E-state index in [1.807, 2.05) is 27.7 Å². The Morgan fingerprint density at radius 3 is 2.71 bits per heavy atom. The number of nitrogens with zero attached hydrogens (tertiary/aromatic N) is 1. The van der Waals surface area contributed by atoms with Crippen molar-refractivity contribution in [3.05, 3.63) is 0 Å². The highest BCUT2D eigenvalue weighted by molar-refractivity contribution is 5.68. The summed E-state index contributed by atoms with van der Waals surface area (Å²) < 4.78 is 10.7. The molecule has 1 aliphatic rings. The molecule has 0 aromatic carbocycles. The van der Waals surface area contributed by atoms with Crippen LogP contribution in [0, 0.1) is 0 Å². The van der Waals surface area contributed by atoms with Gasteiger partial charge in [0.1, 0.15) is 5.60 Å². The van der Waals surface area contributed by atoms with Gasteiger partial charge < -0.3 is 19.7 Å². The fourth-order valence-corrected chi connectivity index (χ4v) is 1.66. The van der Waals surface area contributed by atoms with Crippen LogP contribution in [-0.4, -0.2) is 55.5 Å². The van der Waals surface area contributed by atoms with Crippen LogP contribution < -0.4 is 5.32 Å². The number of morpholine rings is 1. The SMILES string of the molecule is CCN(CC1COCCN1)C(=O)OC(C)(C)C. The number of ether oxygens (including phenoxy) is 2. The zero-order valence-electron chi connectivity index (χ0n) is 11.3. The molecule has 0 saturated carbocycles. The average Bonchev–Trinajstić information content (AvgIpc) is 2.24. The van der Waals surface area contributed by atoms with Crippen LogP contribution in [0.4, 0.5) is 4.79 Å². The Hall–Kier alpha value is -0.810. The second-order valence-electron chi connectivity index (χ2n) is 5.24. The van der Waals surface area contributed by atoms with Crippen molar-refractivity contribution >= 4 is 6.09 Å². The van der Waals surface area contributed by atoms with Crippen molar-refractivity contribution in [3.8, 4) is 0 Å². The van der Waals surface area contributed by atoms with Crippen LogP contribution in [0.5, 0.6) is 0 Å². The molecule has 0 aromatic rings. The summed E-state index contributed by atoms with van der Waals surface area (Å²) in [4.78, 5) is 13.6. The molecule has 1 saturated heterocycles. The van der Waals surface area contributed by atoms with E-state index in [0.29, 0.717) is 19.7 Å². The van der Waals surface area contributed by atoms with Gasteiger partial charge in [-0.3, -0.25) is 0 Å². The third kappa shape index (κ3) is 5.37. The number of hydrogen-bond acceptors (Lipinski definition) is 4. The molecule has 1 amide bonds. The fourth-order valence-electron chi connectivity index (χ4n) is 1.66. The number of carbonyl (C=O) groups is 1. The molecule has 0 bridgehead atoms. The number of nitrogens with one attached hydrogen (secondary N) is 1. The molecule has 0 radical (unpaired) electrons. The van der Waals surface area contributed by atoms with Gasteiger partial charge in [-0.25, -0.2) is 4.79 Å². The fraction of sp³-hybridized carbons (Fsp3) is 0.917. The second-order valence-corrected chi connectivity index (χ2v) is 5.24. The molecular formula is C12H24N2O3. The molecule has 5 nitrogen and oxygen atoms in total. The molecule has 1 aliphatic heterocycles. The van der Waals surface area contributed by atoms with Gasteiger partial charge in [-0.05, 0) is 27.7 Å². The van der Waals surface area contributed by atoms with Crippen LogP contribution in [0.1, 0.15) is 27.7 Å². The molecule has 1 fully saturated rings. The average molecular weight is 244 g/mol. The number of rotatable bonds is 3. The molecule has 1 N–H and O–H groups in total. The topological polar surface area (TPSA) is 50.8 Å². The molecule has 1 atom stereocenters. The number of carbonyl (C=O) groups excluding carboxylic acids is 1. The number of likely N-dealkylation sites (N-methyl/N-ethyl adjacent to an activating group) is 1. The quantitative estimate of drug-likeness (QED) is 0.811. The van der Waals surface area contributed by atoms with E-state index in [0.717, 1.165) is 13.2 Å². The van der Waals surface area contributed by atoms with Crippen molar-refractivity contribution < 1.29 is 14.3 Å². The van der Waals surface area contributed by atoms with Gasteiger partial charge in [-0.1, -0.05) is 0 Å². The van der Waals surface area contributed by atoms with Crippen molar-refractivity contribution in [3.63, 3.8) is 0 Å². The van der Waals surface area contributed by atoms with E-state index in [2.05, 4.69) is 5.32 Å². The van der Waals surface area contributed by atoms with Crippen molar-refractivity contribution in [2.45, 2.75) is 39.3 Å². The van der Waals surface area contributed by atoms with Crippen molar-refractivity contribution in [2.24, 2.45) is 0 Å². The molecule has 0 aliphatic carbocycles. The monoisotopic (exact) mass is 244 g/mol. The van der Waals surface area contributed by atoms with Gasteiger partial charge >= 0.3 is 6.09 Å². The molecule has 1 rings (SSSR count). The van der Waals surface area contributed by atoms with E-state index >= 15 is 0 Å². The predicted octanol–water partition coefficient (Wildman–Crippen LogP) is 1.23. The van der Waals surface area contributed by atoms with E-state index in [9.17, 15) is 4.79 Å². The van der Waals surface area contributed by atoms with Gasteiger partial charge in [0.25, 0.3) is 0 Å². The molecule has 1 unspecified atom stereocenters. The lowest BCUT2D eigenvalue weighted by Crippen LogP contribution is -2.50. The van der Waals surface area contributed by atoms with E-state index < -0.39 is 5.60 Å². The Morgan fingerprint density at radius 1 is 1.53 bits per heavy atom. The lowest BCUT2D eigenvalue weighted by atomic mass is 10.2. The molecule has 5 heteroatoms. The van der Waals surface area contributed by atoms with Gasteiger partial charge in [-0.15, -0.1) is 0 Å². The van der Waals surface area contributed by atoms with Gasteiger partial charge in [0, 0.05) is 25.7 Å². The maximum atomic E-state index is 11.9. The Balaban J connectivity index is 2.43. The summed E-state index contributed by atoms with van der Waals surface area (Å²) >= 11 is 0. The molecule has 0 spiro atoms. The Labute approximate surface area is 103 Å². The molecule has 0 aromatic heterocycles. The number of hydrogen-bond donors (Lipinski definition) is 1. The first-order chi connectivity index (χ1) is 7.92. The predicted molar refractivity (Wildman–Crippen MR) is 66.1 cm³/mol. The minimum Gasteiger partial charge on any atom is -0.444 e. The summed E-state index contributed by atoms with van der Waals surface area (Å²) in [5.41, 5.74) is -0.443. The van der Waals surface area contributed by atoms with E-state index in [1.54, 1.807) is 4.90 Å². The van der Waals surface area contributed by atoms with E-state index in [4.69, 9.17) is 9.47 Å².